The quantitative estimate of drug-likeness (QED) is 0.821. The van der Waals surface area contributed by atoms with Gasteiger partial charge in [0.25, 0.3) is 0 Å². The summed E-state index contributed by atoms with van der Waals surface area (Å²) in [4.78, 5) is 26.4. The molecule has 0 spiro atoms. The zero-order valence-corrected chi connectivity index (χ0v) is 17.5. The lowest BCUT2D eigenvalue weighted by Gasteiger charge is -2.27. The van der Waals surface area contributed by atoms with Gasteiger partial charge in [0.1, 0.15) is 11.5 Å². The lowest BCUT2D eigenvalue weighted by molar-refractivity contribution is -0.135. The predicted molar refractivity (Wildman–Crippen MR) is 111 cm³/mol. The third-order valence-electron chi connectivity index (χ3n) is 4.79. The summed E-state index contributed by atoms with van der Waals surface area (Å²) in [6.07, 6.45) is 1.20. The summed E-state index contributed by atoms with van der Waals surface area (Å²) >= 11 is 0. The number of fused-ring (bicyclic) bond motifs is 1. The minimum absolute atomic E-state index is 0.00122. The Labute approximate surface area is 167 Å². The van der Waals surface area contributed by atoms with Crippen molar-refractivity contribution in [2.24, 2.45) is 11.3 Å². The third kappa shape index (κ3) is 4.83. The molecule has 2 amide bonds. The second-order valence-electron chi connectivity index (χ2n) is 9.09. The standard InChI is InChI=1S/C23H30N2O3/c1-15(2)22(27)25-10-9-19-17(14-25)12-20(28-19)16-7-6-8-18(11-16)24-21(26)13-23(3,4)5/h6-8,11-12,15H,9-10,13-14H2,1-5H3,(H,24,26). The molecule has 150 valence electrons. The van der Waals surface area contributed by atoms with E-state index in [4.69, 9.17) is 4.42 Å². The van der Waals surface area contributed by atoms with Crippen LogP contribution >= 0.6 is 0 Å². The number of hydrogen-bond donors (Lipinski definition) is 1. The van der Waals surface area contributed by atoms with Crippen molar-refractivity contribution >= 4 is 17.5 Å². The lowest BCUT2D eigenvalue weighted by Crippen LogP contribution is -2.37. The summed E-state index contributed by atoms with van der Waals surface area (Å²) in [7, 11) is 0. The van der Waals surface area contributed by atoms with Crippen molar-refractivity contribution in [3.63, 3.8) is 0 Å². The number of benzene rings is 1. The molecule has 1 aromatic carbocycles. The average molecular weight is 383 g/mol. The number of anilines is 1. The lowest BCUT2D eigenvalue weighted by atomic mass is 9.92. The molecular weight excluding hydrogens is 352 g/mol. The number of rotatable bonds is 4. The molecule has 3 rings (SSSR count). The van der Waals surface area contributed by atoms with Crippen LogP contribution in [0.4, 0.5) is 5.69 Å². The molecule has 1 N–H and O–H groups in total. The Balaban J connectivity index is 1.75. The van der Waals surface area contributed by atoms with Crippen LogP contribution in [0.25, 0.3) is 11.3 Å². The Bertz CT molecular complexity index is 874. The summed E-state index contributed by atoms with van der Waals surface area (Å²) in [5.74, 6) is 1.91. The number of carbonyl (C=O) groups is 2. The second-order valence-corrected chi connectivity index (χ2v) is 9.09. The van der Waals surface area contributed by atoms with Crippen molar-refractivity contribution in [1.29, 1.82) is 0 Å². The first-order chi connectivity index (χ1) is 13.1. The van der Waals surface area contributed by atoms with Gasteiger partial charge in [0.15, 0.2) is 0 Å². The fourth-order valence-electron chi connectivity index (χ4n) is 3.47. The molecule has 28 heavy (non-hydrogen) atoms. The van der Waals surface area contributed by atoms with Gasteiger partial charge in [-0.2, -0.15) is 0 Å². The van der Waals surface area contributed by atoms with E-state index >= 15 is 0 Å². The number of furan rings is 1. The van der Waals surface area contributed by atoms with Crippen LogP contribution in [0.5, 0.6) is 0 Å². The molecule has 0 bridgehead atoms. The van der Waals surface area contributed by atoms with Gasteiger partial charge in [-0.05, 0) is 23.6 Å². The van der Waals surface area contributed by atoms with Crippen LogP contribution in [0.2, 0.25) is 0 Å². The highest BCUT2D eigenvalue weighted by atomic mass is 16.3. The van der Waals surface area contributed by atoms with Crippen LogP contribution in [0.1, 0.15) is 52.4 Å². The molecule has 2 aromatic rings. The fourth-order valence-corrected chi connectivity index (χ4v) is 3.47. The molecule has 2 heterocycles. The number of carbonyl (C=O) groups excluding carboxylic acids is 2. The van der Waals surface area contributed by atoms with E-state index in [-0.39, 0.29) is 23.1 Å². The third-order valence-corrected chi connectivity index (χ3v) is 4.79. The van der Waals surface area contributed by atoms with E-state index in [0.717, 1.165) is 34.8 Å². The van der Waals surface area contributed by atoms with Crippen LogP contribution in [0.3, 0.4) is 0 Å². The summed E-state index contributed by atoms with van der Waals surface area (Å²) in [5.41, 5.74) is 2.70. The van der Waals surface area contributed by atoms with Crippen molar-refractivity contribution < 1.29 is 14.0 Å². The van der Waals surface area contributed by atoms with Crippen molar-refractivity contribution in [2.75, 3.05) is 11.9 Å². The van der Waals surface area contributed by atoms with E-state index < -0.39 is 0 Å². The molecule has 1 aliphatic rings. The SMILES string of the molecule is CC(C)C(=O)N1CCc2oc(-c3cccc(NC(=O)CC(C)(C)C)c3)cc2C1. The maximum atomic E-state index is 12.3. The normalized spacial score (nSPS) is 14.1. The van der Waals surface area contributed by atoms with E-state index in [1.807, 2.05) is 69.9 Å². The van der Waals surface area contributed by atoms with E-state index in [0.29, 0.717) is 19.5 Å². The number of hydrogen-bond acceptors (Lipinski definition) is 3. The van der Waals surface area contributed by atoms with Gasteiger partial charge in [0, 0.05) is 48.7 Å². The Kier molecular flexibility index (Phi) is 5.64. The zero-order chi connectivity index (χ0) is 20.5. The van der Waals surface area contributed by atoms with Crippen molar-refractivity contribution in [3.05, 3.63) is 41.7 Å². The Morgan fingerprint density at radius 2 is 1.96 bits per heavy atom. The highest BCUT2D eigenvalue weighted by molar-refractivity contribution is 5.91. The maximum absolute atomic E-state index is 12.3. The van der Waals surface area contributed by atoms with Gasteiger partial charge in [-0.1, -0.05) is 46.8 Å². The molecule has 0 fully saturated rings. The van der Waals surface area contributed by atoms with Crippen LogP contribution in [0.15, 0.2) is 34.7 Å². The van der Waals surface area contributed by atoms with E-state index in [1.165, 1.54) is 0 Å². The summed E-state index contributed by atoms with van der Waals surface area (Å²) in [5, 5.41) is 2.97. The summed E-state index contributed by atoms with van der Waals surface area (Å²) in [6.45, 7) is 11.3. The molecule has 0 atom stereocenters. The van der Waals surface area contributed by atoms with Crippen LogP contribution in [-0.2, 0) is 22.6 Å². The van der Waals surface area contributed by atoms with Gasteiger partial charge in [-0.25, -0.2) is 0 Å². The highest BCUT2D eigenvalue weighted by Gasteiger charge is 2.25. The number of nitrogens with one attached hydrogen (secondary N) is 1. The fraction of sp³-hybridized carbons (Fsp3) is 0.478. The van der Waals surface area contributed by atoms with Crippen LogP contribution in [-0.4, -0.2) is 23.3 Å². The van der Waals surface area contributed by atoms with Gasteiger partial charge in [-0.3, -0.25) is 9.59 Å². The molecule has 5 heteroatoms. The smallest absolute Gasteiger partial charge is 0.225 e. The van der Waals surface area contributed by atoms with Gasteiger partial charge in [0.05, 0.1) is 0 Å². The van der Waals surface area contributed by atoms with E-state index in [9.17, 15) is 9.59 Å². The van der Waals surface area contributed by atoms with Crippen LogP contribution in [0, 0.1) is 11.3 Å². The number of amides is 2. The van der Waals surface area contributed by atoms with Crippen molar-refractivity contribution in [1.82, 2.24) is 4.90 Å². The minimum Gasteiger partial charge on any atom is -0.461 e. The number of nitrogens with zero attached hydrogens (tertiary/aromatic N) is 1. The molecular formula is C23H30N2O3. The van der Waals surface area contributed by atoms with E-state index in [1.54, 1.807) is 0 Å². The maximum Gasteiger partial charge on any atom is 0.225 e. The highest BCUT2D eigenvalue weighted by Crippen LogP contribution is 2.31. The van der Waals surface area contributed by atoms with E-state index in [2.05, 4.69) is 5.32 Å². The molecule has 5 nitrogen and oxygen atoms in total. The zero-order valence-electron chi connectivity index (χ0n) is 17.5. The molecule has 0 unspecified atom stereocenters. The molecule has 0 aliphatic carbocycles. The monoisotopic (exact) mass is 382 g/mol. The largest absolute Gasteiger partial charge is 0.461 e. The molecule has 1 aliphatic heterocycles. The van der Waals surface area contributed by atoms with Crippen molar-refractivity contribution in [2.45, 2.75) is 54.0 Å². The second kappa shape index (κ2) is 7.82. The van der Waals surface area contributed by atoms with Gasteiger partial charge < -0.3 is 14.6 Å². The first-order valence-electron chi connectivity index (χ1n) is 9.93. The molecule has 1 aromatic heterocycles. The molecule has 0 radical (unpaired) electrons. The topological polar surface area (TPSA) is 62.6 Å². The van der Waals surface area contributed by atoms with Crippen molar-refractivity contribution in [3.8, 4) is 11.3 Å². The van der Waals surface area contributed by atoms with Crippen LogP contribution < -0.4 is 5.32 Å². The predicted octanol–water partition coefficient (Wildman–Crippen LogP) is 4.86. The minimum atomic E-state index is -0.0545. The summed E-state index contributed by atoms with van der Waals surface area (Å²) < 4.78 is 6.07. The van der Waals surface area contributed by atoms with Gasteiger partial charge in [-0.15, -0.1) is 0 Å². The molecule has 0 saturated carbocycles. The summed E-state index contributed by atoms with van der Waals surface area (Å²) in [6, 6.07) is 9.72. The average Bonchev–Trinajstić information content (AvgIpc) is 3.02. The molecule has 0 saturated heterocycles. The van der Waals surface area contributed by atoms with Gasteiger partial charge in [0.2, 0.25) is 11.8 Å². The van der Waals surface area contributed by atoms with Gasteiger partial charge >= 0.3 is 0 Å². The Morgan fingerprint density at radius 1 is 1.21 bits per heavy atom. The Morgan fingerprint density at radius 3 is 2.64 bits per heavy atom. The first kappa shape index (κ1) is 20.2. The Hall–Kier alpha value is -2.56. The first-order valence-corrected chi connectivity index (χ1v) is 9.93.